The minimum Gasteiger partial charge on any atom is -0.497 e. The van der Waals surface area contributed by atoms with Gasteiger partial charge in [0.05, 0.1) is 13.5 Å². The molecule has 0 radical (unpaired) electrons. The number of ether oxygens (including phenoxy) is 1. The van der Waals surface area contributed by atoms with E-state index >= 15 is 0 Å². The van der Waals surface area contributed by atoms with Crippen molar-refractivity contribution in [2.75, 3.05) is 14.2 Å². The molecule has 1 atom stereocenters. The molecule has 94 valence electrons. The summed E-state index contributed by atoms with van der Waals surface area (Å²) >= 11 is 0. The molecule has 0 aliphatic heterocycles. The quantitative estimate of drug-likeness (QED) is 0.822. The lowest BCUT2D eigenvalue weighted by atomic mass is 10.1. The van der Waals surface area contributed by atoms with Gasteiger partial charge in [-0.1, -0.05) is 12.1 Å². The maximum absolute atomic E-state index is 10.6. The smallest absolute Gasteiger partial charge is 0.304 e. The summed E-state index contributed by atoms with van der Waals surface area (Å²) in [6.07, 6.45) is 0.159. The van der Waals surface area contributed by atoms with Crippen LogP contribution in [0.5, 0.6) is 5.75 Å². The summed E-state index contributed by atoms with van der Waals surface area (Å²) < 4.78 is 5.08. The molecule has 0 amide bonds. The Kier molecular flexibility index (Phi) is 4.97. The van der Waals surface area contributed by atoms with Crippen LogP contribution >= 0.6 is 0 Å². The summed E-state index contributed by atoms with van der Waals surface area (Å²) in [5.74, 6) is 0.0640. The molecule has 0 aliphatic rings. The van der Waals surface area contributed by atoms with E-state index in [0.717, 1.165) is 17.9 Å². The van der Waals surface area contributed by atoms with Crippen molar-refractivity contribution in [1.82, 2.24) is 4.90 Å². The van der Waals surface area contributed by atoms with Gasteiger partial charge in [0.25, 0.3) is 0 Å². The van der Waals surface area contributed by atoms with Crippen LogP contribution < -0.4 is 4.74 Å². The molecule has 4 nitrogen and oxygen atoms in total. The zero-order valence-corrected chi connectivity index (χ0v) is 10.5. The van der Waals surface area contributed by atoms with E-state index in [1.54, 1.807) is 7.11 Å². The fourth-order valence-electron chi connectivity index (χ4n) is 1.58. The molecule has 0 spiro atoms. The van der Waals surface area contributed by atoms with Crippen molar-refractivity contribution in [3.63, 3.8) is 0 Å². The molecule has 0 bridgehead atoms. The first-order valence-electron chi connectivity index (χ1n) is 5.58. The molecular formula is C13H19NO3. The van der Waals surface area contributed by atoms with Crippen LogP contribution in [0.3, 0.4) is 0 Å². The van der Waals surface area contributed by atoms with E-state index in [-0.39, 0.29) is 12.5 Å². The van der Waals surface area contributed by atoms with Gasteiger partial charge in [-0.05, 0) is 31.7 Å². The number of nitrogens with zero attached hydrogens (tertiary/aromatic N) is 1. The number of benzene rings is 1. The Bertz CT molecular complexity index is 361. The molecule has 0 saturated carbocycles. The van der Waals surface area contributed by atoms with Crippen molar-refractivity contribution >= 4 is 5.97 Å². The first-order chi connectivity index (χ1) is 8.02. The number of carbonyl (C=O) groups is 1. The first-order valence-corrected chi connectivity index (χ1v) is 5.58. The summed E-state index contributed by atoms with van der Waals surface area (Å²) in [6.45, 7) is 2.65. The highest BCUT2D eigenvalue weighted by atomic mass is 16.5. The van der Waals surface area contributed by atoms with Gasteiger partial charge in [0.15, 0.2) is 0 Å². The van der Waals surface area contributed by atoms with Gasteiger partial charge in [-0.25, -0.2) is 0 Å². The van der Waals surface area contributed by atoms with Gasteiger partial charge >= 0.3 is 5.97 Å². The summed E-state index contributed by atoms with van der Waals surface area (Å²) in [5, 5.41) is 8.72. The molecule has 0 aliphatic carbocycles. The molecule has 0 heterocycles. The molecule has 1 N–H and O–H groups in total. The minimum absolute atomic E-state index is 0.0228. The van der Waals surface area contributed by atoms with Gasteiger partial charge in [0, 0.05) is 12.6 Å². The van der Waals surface area contributed by atoms with Crippen LogP contribution in [0, 0.1) is 0 Å². The summed E-state index contributed by atoms with van der Waals surface area (Å²) in [4.78, 5) is 12.6. The Morgan fingerprint density at radius 2 is 2.00 bits per heavy atom. The fraction of sp³-hybridized carbons (Fsp3) is 0.462. The summed E-state index contributed by atoms with van der Waals surface area (Å²) in [5.41, 5.74) is 1.14. The highest BCUT2D eigenvalue weighted by molar-refractivity contribution is 5.67. The van der Waals surface area contributed by atoms with Crippen LogP contribution in [0.25, 0.3) is 0 Å². The van der Waals surface area contributed by atoms with Gasteiger partial charge in [-0.15, -0.1) is 0 Å². The molecular weight excluding hydrogens is 218 g/mol. The van der Waals surface area contributed by atoms with Gasteiger partial charge in [0.2, 0.25) is 0 Å². The first kappa shape index (κ1) is 13.5. The van der Waals surface area contributed by atoms with Gasteiger partial charge in [0.1, 0.15) is 5.75 Å². The molecule has 0 aromatic heterocycles. The topological polar surface area (TPSA) is 49.8 Å². The lowest BCUT2D eigenvalue weighted by molar-refractivity contribution is -0.138. The third-order valence-electron chi connectivity index (χ3n) is 2.81. The highest BCUT2D eigenvalue weighted by Gasteiger charge is 2.13. The summed E-state index contributed by atoms with van der Waals surface area (Å²) in [7, 11) is 3.56. The predicted octanol–water partition coefficient (Wildman–Crippen LogP) is 1.99. The summed E-state index contributed by atoms with van der Waals surface area (Å²) in [6, 6.07) is 7.82. The van der Waals surface area contributed by atoms with E-state index in [2.05, 4.69) is 0 Å². The van der Waals surface area contributed by atoms with Crippen molar-refractivity contribution in [3.8, 4) is 5.75 Å². The van der Waals surface area contributed by atoms with Crippen molar-refractivity contribution in [3.05, 3.63) is 29.8 Å². The van der Waals surface area contributed by atoms with Crippen LogP contribution in [0.4, 0.5) is 0 Å². The zero-order chi connectivity index (χ0) is 12.8. The number of aliphatic carboxylic acids is 1. The highest BCUT2D eigenvalue weighted by Crippen LogP contribution is 2.14. The molecule has 0 fully saturated rings. The number of methoxy groups -OCH3 is 1. The lowest BCUT2D eigenvalue weighted by Gasteiger charge is -2.23. The largest absolute Gasteiger partial charge is 0.497 e. The van der Waals surface area contributed by atoms with Crippen LogP contribution in [-0.2, 0) is 11.3 Å². The molecule has 17 heavy (non-hydrogen) atoms. The van der Waals surface area contributed by atoms with Gasteiger partial charge < -0.3 is 9.84 Å². The number of rotatable bonds is 6. The number of carboxylic acids is 1. The van der Waals surface area contributed by atoms with E-state index in [4.69, 9.17) is 9.84 Å². The number of hydrogen-bond acceptors (Lipinski definition) is 3. The number of carboxylic acid groups (broad SMARTS) is 1. The molecule has 0 unspecified atom stereocenters. The minimum atomic E-state index is -0.765. The Morgan fingerprint density at radius 3 is 2.47 bits per heavy atom. The normalized spacial score (nSPS) is 12.5. The fourth-order valence-corrected chi connectivity index (χ4v) is 1.58. The predicted molar refractivity (Wildman–Crippen MR) is 66.2 cm³/mol. The molecule has 1 rings (SSSR count). The third kappa shape index (κ3) is 4.44. The van der Waals surface area contributed by atoms with Crippen molar-refractivity contribution in [2.45, 2.75) is 25.9 Å². The van der Waals surface area contributed by atoms with Gasteiger partial charge in [-0.3, -0.25) is 9.69 Å². The van der Waals surface area contributed by atoms with E-state index in [9.17, 15) is 4.79 Å². The van der Waals surface area contributed by atoms with Crippen LogP contribution in [0.1, 0.15) is 18.9 Å². The van der Waals surface area contributed by atoms with Crippen molar-refractivity contribution < 1.29 is 14.6 Å². The zero-order valence-electron chi connectivity index (χ0n) is 10.5. The van der Waals surface area contributed by atoms with E-state index in [1.807, 2.05) is 43.1 Å². The second-order valence-corrected chi connectivity index (χ2v) is 4.21. The van der Waals surface area contributed by atoms with E-state index in [0.29, 0.717) is 0 Å². The Labute approximate surface area is 102 Å². The Hall–Kier alpha value is -1.55. The van der Waals surface area contributed by atoms with E-state index < -0.39 is 5.97 Å². The Balaban J connectivity index is 2.54. The molecule has 4 heteroatoms. The van der Waals surface area contributed by atoms with E-state index in [1.165, 1.54) is 0 Å². The second-order valence-electron chi connectivity index (χ2n) is 4.21. The van der Waals surface area contributed by atoms with Crippen LogP contribution in [-0.4, -0.2) is 36.2 Å². The Morgan fingerprint density at radius 1 is 1.41 bits per heavy atom. The van der Waals surface area contributed by atoms with Crippen LogP contribution in [0.2, 0.25) is 0 Å². The molecule has 0 saturated heterocycles. The molecule has 1 aromatic rings. The molecule has 1 aromatic carbocycles. The van der Waals surface area contributed by atoms with Crippen molar-refractivity contribution in [2.24, 2.45) is 0 Å². The van der Waals surface area contributed by atoms with Gasteiger partial charge in [-0.2, -0.15) is 0 Å². The average molecular weight is 237 g/mol. The SMILES string of the molecule is COc1ccc(CN(C)[C@H](C)CC(=O)O)cc1. The van der Waals surface area contributed by atoms with Crippen molar-refractivity contribution in [1.29, 1.82) is 0 Å². The monoisotopic (exact) mass is 237 g/mol. The van der Waals surface area contributed by atoms with Crippen LogP contribution in [0.15, 0.2) is 24.3 Å². The average Bonchev–Trinajstić information content (AvgIpc) is 2.29. The standard InChI is InChI=1S/C13H19NO3/c1-10(8-13(15)16)14(2)9-11-4-6-12(17-3)7-5-11/h4-7,10H,8-9H2,1-3H3,(H,15,16)/t10-/m1/s1. The maximum Gasteiger partial charge on any atom is 0.304 e. The third-order valence-corrected chi connectivity index (χ3v) is 2.81. The second kappa shape index (κ2) is 6.25. The lowest BCUT2D eigenvalue weighted by Crippen LogP contribution is -2.30. The number of hydrogen-bond donors (Lipinski definition) is 1. The maximum atomic E-state index is 10.6.